The number of benzene rings is 1. The summed E-state index contributed by atoms with van der Waals surface area (Å²) in [6.07, 6.45) is 3.63. The molecule has 2 rings (SSSR count). The third-order valence-electron chi connectivity index (χ3n) is 4.74. The maximum atomic E-state index is 11.9. The van der Waals surface area contributed by atoms with Crippen molar-refractivity contribution in [3.8, 4) is 0 Å². The Labute approximate surface area is 192 Å². The van der Waals surface area contributed by atoms with Crippen LogP contribution in [0.1, 0.15) is 52.5 Å². The average molecular weight is 449 g/mol. The lowest BCUT2D eigenvalue weighted by atomic mass is 10.1. The SMILES string of the molecule is CCNC(=NCCCOC1CCOCC1)NCCc1ccc(NC(=O)OC(C)(C)C)cc1. The third kappa shape index (κ3) is 11.3. The second-order valence-corrected chi connectivity index (χ2v) is 8.80. The van der Waals surface area contributed by atoms with Gasteiger partial charge in [-0.2, -0.15) is 0 Å². The maximum absolute atomic E-state index is 11.9. The number of hydrogen-bond acceptors (Lipinski definition) is 5. The predicted octanol–water partition coefficient (Wildman–Crippen LogP) is 3.72. The number of ether oxygens (including phenoxy) is 3. The molecule has 0 bridgehead atoms. The van der Waals surface area contributed by atoms with Gasteiger partial charge in [0.2, 0.25) is 0 Å². The zero-order valence-electron chi connectivity index (χ0n) is 20.0. The molecule has 0 spiro atoms. The van der Waals surface area contributed by atoms with Gasteiger partial charge in [0.05, 0.1) is 6.10 Å². The second kappa shape index (κ2) is 14.0. The summed E-state index contributed by atoms with van der Waals surface area (Å²) in [5, 5.41) is 9.40. The average Bonchev–Trinajstić information content (AvgIpc) is 2.74. The van der Waals surface area contributed by atoms with E-state index < -0.39 is 11.7 Å². The van der Waals surface area contributed by atoms with E-state index in [2.05, 4.69) is 27.9 Å². The number of carbonyl (C=O) groups excluding carboxylic acids is 1. The fraction of sp³-hybridized carbons (Fsp3) is 0.667. The molecule has 1 aromatic rings. The van der Waals surface area contributed by atoms with Crippen LogP contribution in [0.4, 0.5) is 10.5 Å². The monoisotopic (exact) mass is 448 g/mol. The van der Waals surface area contributed by atoms with Gasteiger partial charge in [0.1, 0.15) is 5.60 Å². The molecule has 0 radical (unpaired) electrons. The zero-order valence-corrected chi connectivity index (χ0v) is 20.0. The minimum atomic E-state index is -0.515. The molecule has 8 nitrogen and oxygen atoms in total. The topological polar surface area (TPSA) is 93.2 Å². The molecule has 0 aliphatic carbocycles. The fourth-order valence-electron chi connectivity index (χ4n) is 3.19. The van der Waals surface area contributed by atoms with E-state index in [4.69, 9.17) is 14.2 Å². The summed E-state index contributed by atoms with van der Waals surface area (Å²) in [5.41, 5.74) is 1.38. The van der Waals surface area contributed by atoms with Crippen molar-refractivity contribution in [2.75, 3.05) is 44.8 Å². The number of anilines is 1. The summed E-state index contributed by atoms with van der Waals surface area (Å²) < 4.78 is 16.5. The Balaban J connectivity index is 1.67. The molecule has 180 valence electrons. The van der Waals surface area contributed by atoms with Crippen molar-refractivity contribution in [2.45, 2.75) is 65.1 Å². The largest absolute Gasteiger partial charge is 0.444 e. The number of guanidine groups is 1. The lowest BCUT2D eigenvalue weighted by Crippen LogP contribution is -2.38. The number of amides is 1. The van der Waals surface area contributed by atoms with Gasteiger partial charge in [0, 0.05) is 45.1 Å². The van der Waals surface area contributed by atoms with Crippen LogP contribution in [0.3, 0.4) is 0 Å². The van der Waals surface area contributed by atoms with Crippen LogP contribution < -0.4 is 16.0 Å². The van der Waals surface area contributed by atoms with Gasteiger partial charge in [0.25, 0.3) is 0 Å². The van der Waals surface area contributed by atoms with E-state index in [0.717, 1.165) is 71.1 Å². The van der Waals surface area contributed by atoms with Crippen LogP contribution in [-0.2, 0) is 20.6 Å². The van der Waals surface area contributed by atoms with E-state index in [1.165, 1.54) is 5.56 Å². The van der Waals surface area contributed by atoms with E-state index in [1.54, 1.807) is 0 Å². The maximum Gasteiger partial charge on any atom is 0.412 e. The highest BCUT2D eigenvalue weighted by molar-refractivity contribution is 5.84. The first-order valence-corrected chi connectivity index (χ1v) is 11.7. The number of rotatable bonds is 10. The van der Waals surface area contributed by atoms with Crippen LogP contribution >= 0.6 is 0 Å². The molecule has 8 heteroatoms. The standard InChI is InChI=1S/C24H40N4O4/c1-5-25-22(26-14-6-16-31-21-12-17-30-18-13-21)27-15-11-19-7-9-20(10-8-19)28-23(29)32-24(2,3)4/h7-10,21H,5-6,11-18H2,1-4H3,(H,28,29)(H2,25,26,27). The molecule has 3 N–H and O–H groups in total. The zero-order chi connectivity index (χ0) is 23.2. The van der Waals surface area contributed by atoms with Gasteiger partial charge >= 0.3 is 6.09 Å². The summed E-state index contributed by atoms with van der Waals surface area (Å²) in [6.45, 7) is 12.2. The Bertz CT molecular complexity index is 695. The second-order valence-electron chi connectivity index (χ2n) is 8.80. The van der Waals surface area contributed by atoms with E-state index in [9.17, 15) is 4.79 Å². The van der Waals surface area contributed by atoms with Gasteiger partial charge in [-0.05, 0) is 71.1 Å². The van der Waals surface area contributed by atoms with Crippen molar-refractivity contribution >= 4 is 17.7 Å². The van der Waals surface area contributed by atoms with Gasteiger partial charge in [-0.15, -0.1) is 0 Å². The first-order valence-electron chi connectivity index (χ1n) is 11.7. The number of aliphatic imine (C=N–C) groups is 1. The van der Waals surface area contributed by atoms with Crippen molar-refractivity contribution in [3.63, 3.8) is 0 Å². The highest BCUT2D eigenvalue weighted by atomic mass is 16.6. The summed E-state index contributed by atoms with van der Waals surface area (Å²) >= 11 is 0. The minimum Gasteiger partial charge on any atom is -0.444 e. The van der Waals surface area contributed by atoms with Crippen LogP contribution in [0.5, 0.6) is 0 Å². The van der Waals surface area contributed by atoms with Gasteiger partial charge in [-0.1, -0.05) is 12.1 Å². The molecular formula is C24H40N4O4. The van der Waals surface area contributed by atoms with Crippen molar-refractivity contribution < 1.29 is 19.0 Å². The van der Waals surface area contributed by atoms with Crippen LogP contribution in [0.2, 0.25) is 0 Å². The van der Waals surface area contributed by atoms with Crippen LogP contribution in [0.25, 0.3) is 0 Å². The predicted molar refractivity (Wildman–Crippen MR) is 128 cm³/mol. The van der Waals surface area contributed by atoms with Gasteiger partial charge in [-0.25, -0.2) is 4.79 Å². The lowest BCUT2D eigenvalue weighted by molar-refractivity contribution is -0.0318. The summed E-state index contributed by atoms with van der Waals surface area (Å²) in [4.78, 5) is 16.5. The number of nitrogens with zero attached hydrogens (tertiary/aromatic N) is 1. The molecule has 1 heterocycles. The van der Waals surface area contributed by atoms with E-state index in [1.807, 2.05) is 45.0 Å². The molecule has 0 unspecified atom stereocenters. The van der Waals surface area contributed by atoms with Crippen LogP contribution in [-0.4, -0.2) is 63.2 Å². The molecule has 1 aromatic carbocycles. The molecule has 0 atom stereocenters. The molecule has 1 amide bonds. The molecule has 1 aliphatic rings. The van der Waals surface area contributed by atoms with Gasteiger partial charge < -0.3 is 24.8 Å². The Morgan fingerprint density at radius 1 is 1.16 bits per heavy atom. The summed E-state index contributed by atoms with van der Waals surface area (Å²) in [7, 11) is 0. The lowest BCUT2D eigenvalue weighted by Gasteiger charge is -2.22. The number of carbonyl (C=O) groups is 1. The Kier molecular flexibility index (Phi) is 11.3. The van der Waals surface area contributed by atoms with Crippen molar-refractivity contribution in [2.24, 2.45) is 4.99 Å². The van der Waals surface area contributed by atoms with Crippen molar-refractivity contribution in [1.29, 1.82) is 0 Å². The first kappa shape index (κ1) is 25.9. The molecule has 1 fully saturated rings. The minimum absolute atomic E-state index is 0.338. The fourth-order valence-corrected chi connectivity index (χ4v) is 3.19. The van der Waals surface area contributed by atoms with Gasteiger partial charge in [-0.3, -0.25) is 10.3 Å². The molecular weight excluding hydrogens is 408 g/mol. The Morgan fingerprint density at radius 2 is 1.88 bits per heavy atom. The Hall–Kier alpha value is -2.32. The molecule has 32 heavy (non-hydrogen) atoms. The highest BCUT2D eigenvalue weighted by Crippen LogP contribution is 2.13. The summed E-state index contributed by atoms with van der Waals surface area (Å²) in [6, 6.07) is 7.78. The Morgan fingerprint density at radius 3 is 2.53 bits per heavy atom. The van der Waals surface area contributed by atoms with Crippen molar-refractivity contribution in [1.82, 2.24) is 10.6 Å². The third-order valence-corrected chi connectivity index (χ3v) is 4.74. The normalized spacial score (nSPS) is 15.3. The smallest absolute Gasteiger partial charge is 0.412 e. The molecule has 1 aliphatic heterocycles. The van der Waals surface area contributed by atoms with Gasteiger partial charge in [0.15, 0.2) is 5.96 Å². The quantitative estimate of drug-likeness (QED) is 0.287. The molecule has 1 saturated heterocycles. The van der Waals surface area contributed by atoms with E-state index in [-0.39, 0.29) is 0 Å². The van der Waals surface area contributed by atoms with Crippen molar-refractivity contribution in [3.05, 3.63) is 29.8 Å². The number of hydrogen-bond donors (Lipinski definition) is 3. The molecule has 0 saturated carbocycles. The van der Waals surface area contributed by atoms with E-state index >= 15 is 0 Å². The number of nitrogens with one attached hydrogen (secondary N) is 3. The first-order chi connectivity index (χ1) is 15.4. The molecule has 0 aromatic heterocycles. The summed E-state index contributed by atoms with van der Waals surface area (Å²) in [5.74, 6) is 0.821. The highest BCUT2D eigenvalue weighted by Gasteiger charge is 2.16. The van der Waals surface area contributed by atoms with Crippen LogP contribution in [0.15, 0.2) is 29.3 Å². The van der Waals surface area contributed by atoms with Crippen LogP contribution in [0, 0.1) is 0 Å². The van der Waals surface area contributed by atoms with E-state index in [0.29, 0.717) is 11.8 Å².